The molecule has 9 heavy (non-hydrogen) atoms. The summed E-state index contributed by atoms with van der Waals surface area (Å²) in [6, 6.07) is 0. The van der Waals surface area contributed by atoms with Crippen molar-refractivity contribution in [2.75, 3.05) is 13.6 Å². The second-order valence-corrected chi connectivity index (χ2v) is 2.70. The predicted molar refractivity (Wildman–Crippen MR) is 41.4 cm³/mol. The zero-order chi connectivity index (χ0) is 7.33. The molecule has 0 aromatic heterocycles. The molecule has 1 atom stereocenters. The van der Waals surface area contributed by atoms with Crippen LogP contribution in [0.1, 0.15) is 26.7 Å². The van der Waals surface area contributed by atoms with E-state index in [9.17, 15) is 0 Å². The molecule has 2 nitrogen and oxygen atoms in total. The molecule has 2 heteroatoms. The van der Waals surface area contributed by atoms with Crippen LogP contribution in [0, 0.1) is 0 Å². The molecule has 0 spiro atoms. The molecule has 0 aromatic carbocycles. The zero-order valence-corrected chi connectivity index (χ0v) is 6.70. The summed E-state index contributed by atoms with van der Waals surface area (Å²) < 4.78 is 0. The lowest BCUT2D eigenvalue weighted by Crippen LogP contribution is -2.40. The molecule has 0 amide bonds. The van der Waals surface area contributed by atoms with Crippen molar-refractivity contribution in [1.29, 1.82) is 0 Å². The van der Waals surface area contributed by atoms with Crippen molar-refractivity contribution in [3.63, 3.8) is 0 Å². The van der Waals surface area contributed by atoms with Gasteiger partial charge in [0, 0.05) is 5.54 Å². The van der Waals surface area contributed by atoms with Crippen LogP contribution < -0.4 is 11.1 Å². The van der Waals surface area contributed by atoms with Crippen molar-refractivity contribution in [1.82, 2.24) is 5.32 Å². The molecule has 0 aliphatic rings. The van der Waals surface area contributed by atoms with Gasteiger partial charge in [0.2, 0.25) is 0 Å². The second kappa shape index (κ2) is 3.85. The first kappa shape index (κ1) is 8.92. The van der Waals surface area contributed by atoms with Crippen molar-refractivity contribution < 1.29 is 0 Å². The first-order valence-corrected chi connectivity index (χ1v) is 3.57. The maximum atomic E-state index is 5.43. The van der Waals surface area contributed by atoms with E-state index in [2.05, 4.69) is 19.2 Å². The number of hydrogen-bond donors (Lipinski definition) is 2. The van der Waals surface area contributed by atoms with Gasteiger partial charge in [0.05, 0.1) is 0 Å². The predicted octanol–water partition coefficient (Wildman–Crippen LogP) is 0.723. The summed E-state index contributed by atoms with van der Waals surface area (Å²) in [6.07, 6.45) is 2.20. The van der Waals surface area contributed by atoms with Gasteiger partial charge < -0.3 is 11.1 Å². The Bertz CT molecular complexity index is 67.3. The van der Waals surface area contributed by atoms with E-state index >= 15 is 0 Å². The number of nitrogens with two attached hydrogens (primary N) is 1. The standard InChI is InChI=1S/C7H18N2/c1-4-7(2,9-3)5-6-8/h9H,4-6,8H2,1-3H3. The lowest BCUT2D eigenvalue weighted by Gasteiger charge is -2.26. The molecule has 0 rings (SSSR count). The molecule has 0 aromatic rings. The second-order valence-electron chi connectivity index (χ2n) is 2.70. The Balaban J connectivity index is 3.62. The van der Waals surface area contributed by atoms with Crippen LogP contribution in [0.15, 0.2) is 0 Å². The van der Waals surface area contributed by atoms with Gasteiger partial charge in [-0.1, -0.05) is 6.92 Å². The minimum atomic E-state index is 0.259. The maximum absolute atomic E-state index is 5.43. The molecule has 0 aliphatic heterocycles. The fourth-order valence-corrected chi connectivity index (χ4v) is 0.797. The quantitative estimate of drug-likeness (QED) is 0.588. The summed E-state index contributed by atoms with van der Waals surface area (Å²) in [5.41, 5.74) is 5.68. The van der Waals surface area contributed by atoms with E-state index in [4.69, 9.17) is 5.73 Å². The maximum Gasteiger partial charge on any atom is 0.0159 e. The molecular weight excluding hydrogens is 112 g/mol. The molecule has 0 aliphatic carbocycles. The van der Waals surface area contributed by atoms with E-state index in [1.54, 1.807) is 0 Å². The summed E-state index contributed by atoms with van der Waals surface area (Å²) in [5.74, 6) is 0. The molecule has 56 valence electrons. The summed E-state index contributed by atoms with van der Waals surface area (Å²) in [7, 11) is 1.99. The van der Waals surface area contributed by atoms with E-state index in [1.807, 2.05) is 7.05 Å². The summed E-state index contributed by atoms with van der Waals surface area (Å²) in [4.78, 5) is 0. The van der Waals surface area contributed by atoms with Crippen LogP contribution in [-0.2, 0) is 0 Å². The molecule has 0 bridgehead atoms. The average molecular weight is 130 g/mol. The average Bonchev–Trinajstić information content (AvgIpc) is 1.89. The van der Waals surface area contributed by atoms with Gasteiger partial charge in [0.15, 0.2) is 0 Å². The Morgan fingerprint density at radius 3 is 2.22 bits per heavy atom. The van der Waals surface area contributed by atoms with Crippen molar-refractivity contribution in [3.8, 4) is 0 Å². The molecule has 0 radical (unpaired) electrons. The van der Waals surface area contributed by atoms with E-state index in [-0.39, 0.29) is 5.54 Å². The lowest BCUT2D eigenvalue weighted by molar-refractivity contribution is 0.350. The highest BCUT2D eigenvalue weighted by Gasteiger charge is 2.16. The molecule has 0 saturated heterocycles. The van der Waals surface area contributed by atoms with E-state index in [0.29, 0.717) is 0 Å². The summed E-state index contributed by atoms with van der Waals surface area (Å²) >= 11 is 0. The van der Waals surface area contributed by atoms with E-state index in [1.165, 1.54) is 0 Å². The van der Waals surface area contributed by atoms with Crippen molar-refractivity contribution in [2.24, 2.45) is 5.73 Å². The molecule has 0 saturated carbocycles. The number of hydrogen-bond acceptors (Lipinski definition) is 2. The van der Waals surface area contributed by atoms with Crippen molar-refractivity contribution in [3.05, 3.63) is 0 Å². The monoisotopic (exact) mass is 130 g/mol. The highest BCUT2D eigenvalue weighted by Crippen LogP contribution is 2.11. The Morgan fingerprint density at radius 1 is 1.56 bits per heavy atom. The van der Waals surface area contributed by atoms with Crippen LogP contribution in [0.25, 0.3) is 0 Å². The van der Waals surface area contributed by atoms with Crippen LogP contribution in [0.5, 0.6) is 0 Å². The zero-order valence-electron chi connectivity index (χ0n) is 6.70. The number of nitrogens with one attached hydrogen (secondary N) is 1. The number of rotatable bonds is 4. The first-order valence-electron chi connectivity index (χ1n) is 3.57. The summed E-state index contributed by atoms with van der Waals surface area (Å²) in [5, 5.41) is 3.25. The van der Waals surface area contributed by atoms with E-state index in [0.717, 1.165) is 19.4 Å². The normalized spacial score (nSPS) is 17.3. The molecule has 0 heterocycles. The minimum Gasteiger partial charge on any atom is -0.330 e. The van der Waals surface area contributed by atoms with Gasteiger partial charge in [-0.15, -0.1) is 0 Å². The van der Waals surface area contributed by atoms with Crippen LogP contribution in [-0.4, -0.2) is 19.1 Å². The van der Waals surface area contributed by atoms with Crippen molar-refractivity contribution >= 4 is 0 Å². The Kier molecular flexibility index (Phi) is 3.82. The van der Waals surface area contributed by atoms with Crippen LogP contribution in [0.3, 0.4) is 0 Å². The molecule has 3 N–H and O–H groups in total. The van der Waals surface area contributed by atoms with Crippen LogP contribution in [0.2, 0.25) is 0 Å². The van der Waals surface area contributed by atoms with Gasteiger partial charge in [-0.25, -0.2) is 0 Å². The third-order valence-corrected chi connectivity index (χ3v) is 2.08. The van der Waals surface area contributed by atoms with Gasteiger partial charge in [-0.2, -0.15) is 0 Å². The van der Waals surface area contributed by atoms with Gasteiger partial charge in [-0.3, -0.25) is 0 Å². The Hall–Kier alpha value is -0.0800. The molecular formula is C7H18N2. The summed E-state index contributed by atoms with van der Waals surface area (Å²) in [6.45, 7) is 5.14. The Labute approximate surface area is 57.8 Å². The van der Waals surface area contributed by atoms with Crippen molar-refractivity contribution in [2.45, 2.75) is 32.2 Å². The highest BCUT2D eigenvalue weighted by atomic mass is 14.9. The lowest BCUT2D eigenvalue weighted by atomic mass is 9.95. The SMILES string of the molecule is CCC(C)(CCN)NC. The first-order chi connectivity index (χ1) is 4.18. The van der Waals surface area contributed by atoms with Crippen LogP contribution in [0.4, 0.5) is 0 Å². The van der Waals surface area contributed by atoms with Gasteiger partial charge in [-0.05, 0) is 33.4 Å². The minimum absolute atomic E-state index is 0.259. The largest absolute Gasteiger partial charge is 0.330 e. The smallest absolute Gasteiger partial charge is 0.0159 e. The topological polar surface area (TPSA) is 38.0 Å². The Morgan fingerprint density at radius 2 is 2.11 bits per heavy atom. The van der Waals surface area contributed by atoms with Gasteiger partial charge in [0.1, 0.15) is 0 Å². The molecule has 0 fully saturated rings. The van der Waals surface area contributed by atoms with Crippen LogP contribution >= 0.6 is 0 Å². The third kappa shape index (κ3) is 2.82. The van der Waals surface area contributed by atoms with E-state index < -0.39 is 0 Å². The highest BCUT2D eigenvalue weighted by molar-refractivity contribution is 4.79. The van der Waals surface area contributed by atoms with Gasteiger partial charge in [0.25, 0.3) is 0 Å². The third-order valence-electron chi connectivity index (χ3n) is 2.08. The fourth-order valence-electron chi connectivity index (χ4n) is 0.797. The molecule has 1 unspecified atom stereocenters. The van der Waals surface area contributed by atoms with Gasteiger partial charge >= 0.3 is 0 Å². The fraction of sp³-hybridized carbons (Fsp3) is 1.00.